The lowest BCUT2D eigenvalue weighted by Crippen LogP contribution is -2.11. The number of hydrogen-bond donors (Lipinski definition) is 0. The molecule has 0 bridgehead atoms. The minimum absolute atomic E-state index is 1.08. The Hall–Kier alpha value is -8.72. The van der Waals surface area contributed by atoms with Crippen molar-refractivity contribution in [1.29, 1.82) is 0 Å². The number of fused-ring (bicyclic) bond motifs is 8. The van der Waals surface area contributed by atoms with Crippen molar-refractivity contribution in [1.82, 2.24) is 4.57 Å². The SMILES string of the molecule is c1cc(-c2cccc(-n3c4ccccc4c4c5ccccc5ccc43)c2)cc(N(c2cccc(-c3cccc4ccccc34)c2)c2ccc(-c3cccc4ccccc34)c3ccccc23)c1. The van der Waals surface area contributed by atoms with Crippen molar-refractivity contribution in [3.63, 3.8) is 0 Å². The van der Waals surface area contributed by atoms with Crippen LogP contribution >= 0.6 is 0 Å². The van der Waals surface area contributed by atoms with E-state index in [2.05, 4.69) is 264 Å². The van der Waals surface area contributed by atoms with Crippen LogP contribution in [0.2, 0.25) is 0 Å². The zero-order chi connectivity index (χ0) is 43.6. The van der Waals surface area contributed by atoms with Crippen molar-refractivity contribution in [2.45, 2.75) is 0 Å². The topological polar surface area (TPSA) is 8.17 Å². The van der Waals surface area contributed by atoms with Gasteiger partial charge >= 0.3 is 0 Å². The van der Waals surface area contributed by atoms with Gasteiger partial charge in [-0.2, -0.15) is 0 Å². The van der Waals surface area contributed by atoms with Gasteiger partial charge in [-0.15, -0.1) is 0 Å². The zero-order valence-corrected chi connectivity index (χ0v) is 36.1. The minimum atomic E-state index is 1.08. The van der Waals surface area contributed by atoms with E-state index in [1.54, 1.807) is 0 Å². The van der Waals surface area contributed by atoms with E-state index in [1.807, 2.05) is 0 Å². The molecular formula is C64H42N2. The van der Waals surface area contributed by atoms with Gasteiger partial charge in [0, 0.05) is 33.2 Å². The third-order valence-corrected chi connectivity index (χ3v) is 13.5. The summed E-state index contributed by atoms with van der Waals surface area (Å²) in [5.74, 6) is 0. The van der Waals surface area contributed by atoms with Crippen LogP contribution in [0.4, 0.5) is 17.1 Å². The minimum Gasteiger partial charge on any atom is -0.310 e. The number of anilines is 3. The molecule has 13 rings (SSSR count). The average molecular weight is 839 g/mol. The Morgan fingerprint density at radius 1 is 0.273 bits per heavy atom. The number of nitrogens with zero attached hydrogens (tertiary/aromatic N) is 2. The molecule has 0 aliphatic rings. The van der Waals surface area contributed by atoms with E-state index in [-0.39, 0.29) is 0 Å². The van der Waals surface area contributed by atoms with Gasteiger partial charge in [0.25, 0.3) is 0 Å². The first-order valence-corrected chi connectivity index (χ1v) is 22.8. The van der Waals surface area contributed by atoms with Crippen LogP contribution < -0.4 is 4.90 Å². The lowest BCUT2D eigenvalue weighted by molar-refractivity contribution is 1.18. The molecule has 66 heavy (non-hydrogen) atoms. The van der Waals surface area contributed by atoms with Gasteiger partial charge < -0.3 is 9.47 Å². The monoisotopic (exact) mass is 838 g/mol. The lowest BCUT2D eigenvalue weighted by Gasteiger charge is -2.28. The summed E-state index contributed by atoms with van der Waals surface area (Å²) in [5, 5.41) is 12.4. The summed E-state index contributed by atoms with van der Waals surface area (Å²) in [7, 11) is 0. The molecule has 1 aromatic heterocycles. The molecular weight excluding hydrogens is 797 g/mol. The summed E-state index contributed by atoms with van der Waals surface area (Å²) in [5.41, 5.74) is 14.0. The highest BCUT2D eigenvalue weighted by Gasteiger charge is 2.21. The van der Waals surface area contributed by atoms with Gasteiger partial charge in [-0.1, -0.05) is 200 Å². The molecule has 0 spiro atoms. The Morgan fingerprint density at radius 3 is 1.52 bits per heavy atom. The fraction of sp³-hybridized carbons (Fsp3) is 0. The molecule has 1 heterocycles. The summed E-state index contributed by atoms with van der Waals surface area (Å²) in [4.78, 5) is 2.45. The third-order valence-electron chi connectivity index (χ3n) is 13.5. The maximum absolute atomic E-state index is 2.45. The molecule has 0 fully saturated rings. The smallest absolute Gasteiger partial charge is 0.0547 e. The van der Waals surface area contributed by atoms with Gasteiger partial charge in [0.2, 0.25) is 0 Å². The van der Waals surface area contributed by atoms with Crippen LogP contribution in [0.15, 0.2) is 255 Å². The van der Waals surface area contributed by atoms with Crippen LogP contribution in [0.5, 0.6) is 0 Å². The lowest BCUT2D eigenvalue weighted by atomic mass is 9.92. The van der Waals surface area contributed by atoms with Crippen LogP contribution in [-0.4, -0.2) is 4.57 Å². The summed E-state index contributed by atoms with van der Waals surface area (Å²) >= 11 is 0. The molecule has 0 unspecified atom stereocenters. The molecule has 0 aliphatic carbocycles. The summed E-state index contributed by atoms with van der Waals surface area (Å²) in [6.45, 7) is 0. The maximum atomic E-state index is 2.45. The van der Waals surface area contributed by atoms with Crippen molar-refractivity contribution in [3.8, 4) is 39.1 Å². The molecule has 0 saturated carbocycles. The largest absolute Gasteiger partial charge is 0.310 e. The fourth-order valence-electron chi connectivity index (χ4n) is 10.6. The van der Waals surface area contributed by atoms with Crippen molar-refractivity contribution >= 4 is 82.0 Å². The Labute approximate surface area is 383 Å². The van der Waals surface area contributed by atoms with E-state index in [0.29, 0.717) is 0 Å². The van der Waals surface area contributed by atoms with Crippen molar-refractivity contribution in [2.24, 2.45) is 0 Å². The second kappa shape index (κ2) is 15.5. The Kier molecular flexibility index (Phi) is 8.89. The van der Waals surface area contributed by atoms with Crippen molar-refractivity contribution in [3.05, 3.63) is 255 Å². The first-order chi connectivity index (χ1) is 32.7. The third kappa shape index (κ3) is 6.18. The molecule has 2 nitrogen and oxygen atoms in total. The second-order valence-corrected chi connectivity index (χ2v) is 17.3. The Balaban J connectivity index is 0.997. The number of para-hydroxylation sites is 1. The summed E-state index contributed by atoms with van der Waals surface area (Å²) < 4.78 is 2.43. The van der Waals surface area contributed by atoms with Gasteiger partial charge in [-0.25, -0.2) is 0 Å². The Bertz CT molecular complexity index is 4010. The van der Waals surface area contributed by atoms with Gasteiger partial charge in [-0.05, 0) is 126 Å². The number of rotatable bonds is 7. The fourth-order valence-corrected chi connectivity index (χ4v) is 10.6. The van der Waals surface area contributed by atoms with E-state index in [0.717, 1.165) is 33.9 Å². The quantitative estimate of drug-likeness (QED) is 0.155. The molecule has 0 radical (unpaired) electrons. The van der Waals surface area contributed by atoms with Crippen LogP contribution in [0.3, 0.4) is 0 Å². The highest BCUT2D eigenvalue weighted by atomic mass is 15.1. The summed E-state index contributed by atoms with van der Waals surface area (Å²) in [6.07, 6.45) is 0. The standard InChI is InChI=1S/C64H42N2/c1-4-27-52-43(16-1)19-14-33-54(52)48-23-13-25-50(42-48)65(62-39-37-58(57-30-7-8-31-59(57)62)56-34-15-20-44-17-2-5-28-53(44)56)49-24-11-21-46(40-49)47-22-12-26-51(41-47)66-61-35-10-9-32-60(61)64-55-29-6-3-18-45(55)36-38-63(64)66/h1-42H. The predicted molar refractivity (Wildman–Crippen MR) is 282 cm³/mol. The molecule has 2 heteroatoms. The van der Waals surface area contributed by atoms with E-state index in [4.69, 9.17) is 0 Å². The molecule has 308 valence electrons. The van der Waals surface area contributed by atoms with E-state index in [9.17, 15) is 0 Å². The molecule has 0 atom stereocenters. The van der Waals surface area contributed by atoms with Crippen molar-refractivity contribution < 1.29 is 0 Å². The van der Waals surface area contributed by atoms with Crippen LogP contribution in [0.1, 0.15) is 0 Å². The first-order valence-electron chi connectivity index (χ1n) is 22.8. The number of benzene rings is 12. The molecule has 12 aromatic carbocycles. The average Bonchev–Trinajstić information content (AvgIpc) is 3.74. The molecule has 0 amide bonds. The van der Waals surface area contributed by atoms with Crippen LogP contribution in [0.25, 0.3) is 104 Å². The number of hydrogen-bond acceptors (Lipinski definition) is 1. The normalized spacial score (nSPS) is 11.6. The van der Waals surface area contributed by atoms with E-state index >= 15 is 0 Å². The highest BCUT2D eigenvalue weighted by molar-refractivity contribution is 6.21. The van der Waals surface area contributed by atoms with Crippen LogP contribution in [-0.2, 0) is 0 Å². The van der Waals surface area contributed by atoms with Gasteiger partial charge in [0.15, 0.2) is 0 Å². The summed E-state index contributed by atoms with van der Waals surface area (Å²) in [6, 6.07) is 93.4. The first kappa shape index (κ1) is 37.8. The zero-order valence-electron chi connectivity index (χ0n) is 36.1. The van der Waals surface area contributed by atoms with E-state index < -0.39 is 0 Å². The molecule has 13 aromatic rings. The molecule has 0 N–H and O–H groups in total. The molecule has 0 aliphatic heterocycles. The molecule has 0 saturated heterocycles. The van der Waals surface area contributed by atoms with Crippen molar-refractivity contribution in [2.75, 3.05) is 4.90 Å². The van der Waals surface area contributed by atoms with Gasteiger partial charge in [-0.3, -0.25) is 0 Å². The Morgan fingerprint density at radius 2 is 0.773 bits per heavy atom. The van der Waals surface area contributed by atoms with Crippen LogP contribution in [0, 0.1) is 0 Å². The van der Waals surface area contributed by atoms with E-state index in [1.165, 1.54) is 87.1 Å². The number of aromatic nitrogens is 1. The van der Waals surface area contributed by atoms with Gasteiger partial charge in [0.1, 0.15) is 0 Å². The second-order valence-electron chi connectivity index (χ2n) is 17.3. The van der Waals surface area contributed by atoms with Gasteiger partial charge in [0.05, 0.1) is 16.7 Å². The predicted octanol–water partition coefficient (Wildman–Crippen LogP) is 17.9. The maximum Gasteiger partial charge on any atom is 0.0547 e. The highest BCUT2D eigenvalue weighted by Crippen LogP contribution is 2.45.